The van der Waals surface area contributed by atoms with Crippen LogP contribution >= 0.6 is 7.05 Å². The van der Waals surface area contributed by atoms with Crippen molar-refractivity contribution in [2.24, 2.45) is 4.74 Å². The zero-order chi connectivity index (χ0) is 18.7. The summed E-state index contributed by atoms with van der Waals surface area (Å²) in [6.45, 7) is 3.96. The van der Waals surface area contributed by atoms with Crippen LogP contribution in [0.4, 0.5) is 5.69 Å². The summed E-state index contributed by atoms with van der Waals surface area (Å²) < 4.78 is 11.2. The highest BCUT2D eigenvalue weighted by Crippen LogP contribution is 2.50. The molecule has 0 aliphatic heterocycles. The van der Waals surface area contributed by atoms with E-state index in [4.69, 9.17) is 9.16 Å². The Balaban J connectivity index is 2.15. The Hall–Kier alpha value is -2.83. The van der Waals surface area contributed by atoms with E-state index in [9.17, 15) is 0 Å². The van der Waals surface area contributed by atoms with Gasteiger partial charge >= 0.3 is 0 Å². The molecule has 0 aliphatic rings. The van der Waals surface area contributed by atoms with Crippen LogP contribution < -0.4 is 15.9 Å². The van der Waals surface area contributed by atoms with Gasteiger partial charge in [0.2, 0.25) is 0 Å². The molecule has 0 fully saturated rings. The summed E-state index contributed by atoms with van der Waals surface area (Å²) in [5, 5.41) is 3.71. The van der Waals surface area contributed by atoms with Gasteiger partial charge in [-0.3, -0.25) is 4.74 Å². The average Bonchev–Trinajstić information content (AvgIpc) is 3.04. The molecule has 0 atom stereocenters. The third-order valence-corrected chi connectivity index (χ3v) is 8.31. The highest BCUT2D eigenvalue weighted by Gasteiger charge is 2.27. The SMILES string of the molecule is Cc1cc(N=P(c2ccccc2)(c2ccccc2)c2ccccc2)c(C)o1. The average molecular weight is 371 g/mol. The Labute approximate surface area is 160 Å². The molecule has 3 aromatic carbocycles. The van der Waals surface area contributed by atoms with Crippen LogP contribution in [0.3, 0.4) is 0 Å². The Bertz CT molecular complexity index is 980. The van der Waals surface area contributed by atoms with Crippen LogP contribution in [0.15, 0.2) is 106 Å². The zero-order valence-electron chi connectivity index (χ0n) is 15.5. The smallest absolute Gasteiger partial charge is 0.126 e. The summed E-state index contributed by atoms with van der Waals surface area (Å²) >= 11 is 0. The van der Waals surface area contributed by atoms with E-state index in [-0.39, 0.29) is 0 Å². The standard InChI is InChI=1S/C24H22NOP/c1-19-18-24(20(2)26-19)25-27(21-12-6-3-7-13-21,22-14-8-4-9-15-22)23-16-10-5-11-17-23/h3-18H,1-2H3. The molecule has 0 saturated carbocycles. The molecular formula is C24H22NOP. The number of hydrogen-bond donors (Lipinski definition) is 0. The minimum absolute atomic E-state index is 0.861. The maximum absolute atomic E-state index is 5.79. The molecule has 0 aliphatic carbocycles. The van der Waals surface area contributed by atoms with Crippen molar-refractivity contribution < 1.29 is 4.42 Å². The lowest BCUT2D eigenvalue weighted by Gasteiger charge is -2.26. The second-order valence-electron chi connectivity index (χ2n) is 6.54. The van der Waals surface area contributed by atoms with Gasteiger partial charge < -0.3 is 4.42 Å². The van der Waals surface area contributed by atoms with E-state index >= 15 is 0 Å². The Morgan fingerprint density at radius 1 is 0.630 bits per heavy atom. The second kappa shape index (κ2) is 7.42. The fourth-order valence-electron chi connectivity index (χ4n) is 3.43. The molecule has 0 spiro atoms. The summed E-state index contributed by atoms with van der Waals surface area (Å²) in [6, 6.07) is 34.0. The van der Waals surface area contributed by atoms with Crippen LogP contribution in [0.25, 0.3) is 0 Å². The lowest BCUT2D eigenvalue weighted by atomic mass is 10.4. The van der Waals surface area contributed by atoms with Crippen LogP contribution in [0.1, 0.15) is 11.5 Å². The number of aryl methyl sites for hydroxylation is 2. The normalized spacial score (nSPS) is 11.3. The highest BCUT2D eigenvalue weighted by molar-refractivity contribution is 7.87. The third kappa shape index (κ3) is 3.29. The van der Waals surface area contributed by atoms with E-state index in [1.807, 2.05) is 19.9 Å². The minimum atomic E-state index is -2.22. The van der Waals surface area contributed by atoms with E-state index in [2.05, 4.69) is 91.0 Å². The quantitative estimate of drug-likeness (QED) is 0.422. The fourth-order valence-corrected chi connectivity index (χ4v) is 7.00. The molecule has 0 saturated heterocycles. The minimum Gasteiger partial charge on any atom is -0.464 e. The Kier molecular flexibility index (Phi) is 4.83. The molecular weight excluding hydrogens is 349 g/mol. The molecule has 1 heterocycles. The van der Waals surface area contributed by atoms with E-state index in [0.717, 1.165) is 17.2 Å². The molecule has 0 N–H and O–H groups in total. The predicted molar refractivity (Wildman–Crippen MR) is 115 cm³/mol. The number of hydrogen-bond acceptors (Lipinski definition) is 2. The van der Waals surface area contributed by atoms with Gasteiger partial charge in [-0.1, -0.05) is 91.0 Å². The molecule has 134 valence electrons. The topological polar surface area (TPSA) is 25.5 Å². The van der Waals surface area contributed by atoms with Crippen molar-refractivity contribution in [1.82, 2.24) is 0 Å². The van der Waals surface area contributed by atoms with Crippen LogP contribution in [0, 0.1) is 13.8 Å². The molecule has 0 bridgehead atoms. The summed E-state index contributed by atoms with van der Waals surface area (Å²) in [5.74, 6) is 1.75. The molecule has 4 aromatic rings. The van der Waals surface area contributed by atoms with Crippen LogP contribution in [-0.4, -0.2) is 0 Å². The first-order valence-corrected chi connectivity index (χ1v) is 10.8. The molecule has 3 heteroatoms. The Morgan fingerprint density at radius 2 is 1.04 bits per heavy atom. The van der Waals surface area contributed by atoms with E-state index < -0.39 is 7.05 Å². The van der Waals surface area contributed by atoms with Crippen molar-refractivity contribution in [2.75, 3.05) is 0 Å². The summed E-state index contributed by atoms with van der Waals surface area (Å²) in [4.78, 5) is 0. The first-order chi connectivity index (χ1) is 13.2. The van der Waals surface area contributed by atoms with Gasteiger partial charge in [-0.05, 0) is 13.8 Å². The van der Waals surface area contributed by atoms with Gasteiger partial charge in [-0.2, -0.15) is 0 Å². The van der Waals surface area contributed by atoms with Crippen molar-refractivity contribution in [1.29, 1.82) is 0 Å². The Morgan fingerprint density at radius 3 is 1.37 bits per heavy atom. The second-order valence-corrected chi connectivity index (χ2v) is 9.56. The molecule has 1 aromatic heterocycles. The maximum atomic E-state index is 5.79. The first kappa shape index (κ1) is 17.6. The highest BCUT2D eigenvalue weighted by atomic mass is 31.2. The number of furan rings is 1. The molecule has 0 radical (unpaired) electrons. The van der Waals surface area contributed by atoms with Crippen molar-refractivity contribution >= 4 is 28.7 Å². The molecule has 2 nitrogen and oxygen atoms in total. The van der Waals surface area contributed by atoms with E-state index in [1.54, 1.807) is 0 Å². The zero-order valence-corrected chi connectivity index (χ0v) is 16.4. The van der Waals surface area contributed by atoms with Gasteiger partial charge in [0.15, 0.2) is 0 Å². The molecule has 0 amide bonds. The predicted octanol–water partition coefficient (Wildman–Crippen LogP) is 5.71. The molecule has 4 rings (SSSR count). The van der Waals surface area contributed by atoms with Gasteiger partial charge in [0, 0.05) is 22.0 Å². The van der Waals surface area contributed by atoms with Gasteiger partial charge in [-0.25, -0.2) is 0 Å². The number of nitrogens with zero attached hydrogens (tertiary/aromatic N) is 1. The monoisotopic (exact) mass is 371 g/mol. The lowest BCUT2D eigenvalue weighted by molar-refractivity contribution is 0.505. The van der Waals surface area contributed by atoms with Gasteiger partial charge in [-0.15, -0.1) is 0 Å². The van der Waals surface area contributed by atoms with Crippen molar-refractivity contribution in [3.8, 4) is 0 Å². The summed E-state index contributed by atoms with van der Waals surface area (Å²) in [6.07, 6.45) is 0. The third-order valence-electron chi connectivity index (χ3n) is 4.66. The molecule has 0 unspecified atom stereocenters. The lowest BCUT2D eigenvalue weighted by Crippen LogP contribution is -2.25. The van der Waals surface area contributed by atoms with Crippen molar-refractivity contribution in [3.63, 3.8) is 0 Å². The van der Waals surface area contributed by atoms with Crippen molar-refractivity contribution in [2.45, 2.75) is 13.8 Å². The van der Waals surface area contributed by atoms with Gasteiger partial charge in [0.1, 0.15) is 17.2 Å². The van der Waals surface area contributed by atoms with Gasteiger partial charge in [0.25, 0.3) is 0 Å². The summed E-state index contributed by atoms with van der Waals surface area (Å²) in [7, 11) is -2.22. The number of benzene rings is 3. The van der Waals surface area contributed by atoms with Crippen LogP contribution in [0.5, 0.6) is 0 Å². The van der Waals surface area contributed by atoms with Crippen molar-refractivity contribution in [3.05, 3.63) is 109 Å². The first-order valence-electron chi connectivity index (χ1n) is 9.06. The van der Waals surface area contributed by atoms with Crippen LogP contribution in [-0.2, 0) is 0 Å². The van der Waals surface area contributed by atoms with Gasteiger partial charge in [0.05, 0.1) is 7.05 Å². The maximum Gasteiger partial charge on any atom is 0.126 e. The van der Waals surface area contributed by atoms with Crippen LogP contribution in [0.2, 0.25) is 0 Å². The van der Waals surface area contributed by atoms with E-state index in [0.29, 0.717) is 0 Å². The largest absolute Gasteiger partial charge is 0.464 e. The summed E-state index contributed by atoms with van der Waals surface area (Å²) in [5.41, 5.74) is 0.928. The van der Waals surface area contributed by atoms with E-state index in [1.165, 1.54) is 15.9 Å². The number of rotatable bonds is 4. The molecule has 27 heavy (non-hydrogen) atoms. The fraction of sp³-hybridized carbons (Fsp3) is 0.0833.